The van der Waals surface area contributed by atoms with E-state index in [2.05, 4.69) is 10.3 Å². The molecule has 2 N–H and O–H groups in total. The van der Waals surface area contributed by atoms with E-state index in [1.165, 1.54) is 0 Å². The summed E-state index contributed by atoms with van der Waals surface area (Å²) in [5.41, 5.74) is 1.09. The van der Waals surface area contributed by atoms with Crippen molar-refractivity contribution in [3.8, 4) is 5.69 Å². The van der Waals surface area contributed by atoms with Crippen molar-refractivity contribution in [1.82, 2.24) is 9.55 Å². The Morgan fingerprint density at radius 3 is 3.05 bits per heavy atom. The summed E-state index contributed by atoms with van der Waals surface area (Å²) < 4.78 is 6.42. The maximum Gasteiger partial charge on any atom is 0.411 e. The topological polar surface area (TPSA) is 76.4 Å². The highest BCUT2D eigenvalue weighted by atomic mass is 35.5. The Kier molecular flexibility index (Phi) is 4.38. The van der Waals surface area contributed by atoms with Crippen LogP contribution in [0, 0.1) is 0 Å². The molecule has 1 amide bonds. The van der Waals surface area contributed by atoms with Crippen LogP contribution in [-0.4, -0.2) is 34.0 Å². The predicted octanol–water partition coefficient (Wildman–Crippen LogP) is 2.07. The molecule has 6 nitrogen and oxygen atoms in total. The molecule has 1 heterocycles. The van der Waals surface area contributed by atoms with E-state index in [0.717, 1.165) is 0 Å². The molecule has 0 saturated heterocycles. The highest BCUT2D eigenvalue weighted by Gasteiger charge is 2.12. The van der Waals surface area contributed by atoms with E-state index in [4.69, 9.17) is 21.4 Å². The van der Waals surface area contributed by atoms with Gasteiger partial charge in [-0.05, 0) is 12.1 Å². The lowest BCUT2D eigenvalue weighted by molar-refractivity contribution is 0.131. The molecule has 100 valence electrons. The number of para-hydroxylation sites is 1. The van der Waals surface area contributed by atoms with E-state index in [0.29, 0.717) is 16.4 Å². The second-order valence-corrected chi connectivity index (χ2v) is 4.00. The zero-order valence-corrected chi connectivity index (χ0v) is 10.7. The molecule has 0 fully saturated rings. The lowest BCUT2D eigenvalue weighted by atomic mass is 10.2. The third-order valence-electron chi connectivity index (χ3n) is 2.31. The lowest BCUT2D eigenvalue weighted by Gasteiger charge is -2.13. The largest absolute Gasteiger partial charge is 0.447 e. The summed E-state index contributed by atoms with van der Waals surface area (Å²) in [6.07, 6.45) is 4.24. The number of amides is 1. The number of aromatic nitrogens is 2. The van der Waals surface area contributed by atoms with Crippen molar-refractivity contribution in [1.29, 1.82) is 0 Å². The van der Waals surface area contributed by atoms with Crippen molar-refractivity contribution in [2.24, 2.45) is 0 Å². The average Bonchev–Trinajstić information content (AvgIpc) is 2.90. The Labute approximate surface area is 114 Å². The molecule has 0 atom stereocenters. The highest BCUT2D eigenvalue weighted by molar-refractivity contribution is 6.33. The molecule has 0 aliphatic carbocycles. The second-order valence-electron chi connectivity index (χ2n) is 3.59. The summed E-state index contributed by atoms with van der Waals surface area (Å²) in [6, 6.07) is 5.12. The molecule has 0 unspecified atom stereocenters. The van der Waals surface area contributed by atoms with Gasteiger partial charge in [-0.2, -0.15) is 0 Å². The number of carbonyl (C=O) groups excluding carboxylic acids is 1. The number of aliphatic hydroxyl groups is 1. The van der Waals surface area contributed by atoms with E-state index in [1.807, 2.05) is 0 Å². The fourth-order valence-corrected chi connectivity index (χ4v) is 1.83. The standard InChI is InChI=1S/C12H12ClN3O3/c13-9-2-1-3-10(15-12(18)19-7-6-17)11(9)16-5-4-14-8-16/h1-5,8,17H,6-7H2,(H,15,18). The van der Waals surface area contributed by atoms with Gasteiger partial charge in [0.05, 0.1) is 29.3 Å². The third-order valence-corrected chi connectivity index (χ3v) is 2.62. The molecular weight excluding hydrogens is 270 g/mol. The van der Waals surface area contributed by atoms with Crippen molar-refractivity contribution >= 4 is 23.4 Å². The Hall–Kier alpha value is -2.05. The predicted molar refractivity (Wildman–Crippen MR) is 70.6 cm³/mol. The number of anilines is 1. The zero-order chi connectivity index (χ0) is 13.7. The first kappa shape index (κ1) is 13.4. The molecule has 2 rings (SSSR count). The van der Waals surface area contributed by atoms with Crippen LogP contribution in [-0.2, 0) is 4.74 Å². The van der Waals surface area contributed by atoms with Crippen LogP contribution in [0.4, 0.5) is 10.5 Å². The van der Waals surface area contributed by atoms with E-state index in [9.17, 15) is 4.79 Å². The number of rotatable bonds is 4. The average molecular weight is 282 g/mol. The van der Waals surface area contributed by atoms with Crippen LogP contribution in [0.15, 0.2) is 36.9 Å². The highest BCUT2D eigenvalue weighted by Crippen LogP contribution is 2.28. The van der Waals surface area contributed by atoms with Crippen molar-refractivity contribution in [2.45, 2.75) is 0 Å². The monoisotopic (exact) mass is 281 g/mol. The van der Waals surface area contributed by atoms with Gasteiger partial charge in [0.2, 0.25) is 0 Å². The van der Waals surface area contributed by atoms with Gasteiger partial charge in [0.15, 0.2) is 0 Å². The van der Waals surface area contributed by atoms with E-state index < -0.39 is 6.09 Å². The molecule has 1 aromatic heterocycles. The number of carbonyl (C=O) groups is 1. The van der Waals surface area contributed by atoms with Crippen LogP contribution < -0.4 is 5.32 Å². The van der Waals surface area contributed by atoms with Gasteiger partial charge in [0.1, 0.15) is 6.61 Å². The van der Waals surface area contributed by atoms with Crippen molar-refractivity contribution in [3.63, 3.8) is 0 Å². The lowest BCUT2D eigenvalue weighted by Crippen LogP contribution is -2.17. The number of nitrogens with one attached hydrogen (secondary N) is 1. The quantitative estimate of drug-likeness (QED) is 0.899. The van der Waals surface area contributed by atoms with Crippen LogP contribution in [0.1, 0.15) is 0 Å². The van der Waals surface area contributed by atoms with Gasteiger partial charge in [0.25, 0.3) is 0 Å². The van der Waals surface area contributed by atoms with Crippen LogP contribution in [0.2, 0.25) is 5.02 Å². The molecule has 7 heteroatoms. The van der Waals surface area contributed by atoms with Gasteiger partial charge in [-0.25, -0.2) is 9.78 Å². The Balaban J connectivity index is 2.26. The first-order valence-electron chi connectivity index (χ1n) is 5.54. The van der Waals surface area contributed by atoms with Crippen LogP contribution in [0.5, 0.6) is 0 Å². The summed E-state index contributed by atoms with van der Waals surface area (Å²) in [5, 5.41) is 11.6. The summed E-state index contributed by atoms with van der Waals surface area (Å²) in [4.78, 5) is 15.4. The molecular formula is C12H12ClN3O3. The summed E-state index contributed by atoms with van der Waals surface area (Å²) in [7, 11) is 0. The molecule has 0 bridgehead atoms. The summed E-state index contributed by atoms with van der Waals surface area (Å²) in [5.74, 6) is 0. The van der Waals surface area contributed by atoms with Crippen molar-refractivity contribution in [2.75, 3.05) is 18.5 Å². The molecule has 2 aromatic rings. The van der Waals surface area contributed by atoms with E-state index in [1.54, 1.807) is 41.5 Å². The van der Waals surface area contributed by atoms with Gasteiger partial charge < -0.3 is 14.4 Å². The van der Waals surface area contributed by atoms with Gasteiger partial charge in [-0.1, -0.05) is 17.7 Å². The number of halogens is 1. The normalized spacial score (nSPS) is 10.2. The van der Waals surface area contributed by atoms with Gasteiger partial charge in [-0.3, -0.25) is 5.32 Å². The number of benzene rings is 1. The molecule has 0 aliphatic heterocycles. The number of ether oxygens (including phenoxy) is 1. The molecule has 0 radical (unpaired) electrons. The first-order chi connectivity index (χ1) is 9.22. The third kappa shape index (κ3) is 3.24. The number of hydrogen-bond donors (Lipinski definition) is 2. The van der Waals surface area contributed by atoms with E-state index >= 15 is 0 Å². The number of hydrogen-bond acceptors (Lipinski definition) is 4. The fraction of sp³-hybridized carbons (Fsp3) is 0.167. The number of nitrogens with zero attached hydrogens (tertiary/aromatic N) is 2. The first-order valence-corrected chi connectivity index (χ1v) is 5.91. The Bertz CT molecular complexity index is 557. The summed E-state index contributed by atoms with van der Waals surface area (Å²) >= 11 is 6.13. The van der Waals surface area contributed by atoms with Crippen LogP contribution in [0.3, 0.4) is 0 Å². The minimum atomic E-state index is -0.655. The van der Waals surface area contributed by atoms with Gasteiger partial charge in [0, 0.05) is 12.4 Å². The fourth-order valence-electron chi connectivity index (χ4n) is 1.55. The molecule has 1 aromatic carbocycles. The van der Waals surface area contributed by atoms with Crippen LogP contribution in [0.25, 0.3) is 5.69 Å². The zero-order valence-electron chi connectivity index (χ0n) is 9.91. The van der Waals surface area contributed by atoms with E-state index in [-0.39, 0.29) is 13.2 Å². The number of imidazole rings is 1. The smallest absolute Gasteiger partial charge is 0.411 e. The van der Waals surface area contributed by atoms with Crippen molar-refractivity contribution < 1.29 is 14.6 Å². The Morgan fingerprint density at radius 2 is 2.37 bits per heavy atom. The maximum absolute atomic E-state index is 11.5. The SMILES string of the molecule is O=C(Nc1cccc(Cl)c1-n1ccnc1)OCCO. The molecule has 0 aliphatic rings. The molecule has 0 spiro atoms. The minimum absolute atomic E-state index is 0.0627. The Morgan fingerprint density at radius 1 is 1.53 bits per heavy atom. The second kappa shape index (κ2) is 6.21. The maximum atomic E-state index is 11.5. The van der Waals surface area contributed by atoms with Gasteiger partial charge >= 0.3 is 6.09 Å². The van der Waals surface area contributed by atoms with Crippen LogP contribution >= 0.6 is 11.6 Å². The minimum Gasteiger partial charge on any atom is -0.447 e. The number of aliphatic hydroxyl groups excluding tert-OH is 1. The molecule has 19 heavy (non-hydrogen) atoms. The van der Waals surface area contributed by atoms with Gasteiger partial charge in [-0.15, -0.1) is 0 Å². The van der Waals surface area contributed by atoms with Crippen molar-refractivity contribution in [3.05, 3.63) is 41.9 Å². The molecule has 0 saturated carbocycles. The summed E-state index contributed by atoms with van der Waals surface area (Å²) in [6.45, 7) is -0.288.